The van der Waals surface area contributed by atoms with Crippen molar-refractivity contribution in [2.45, 2.75) is 20.5 Å². The van der Waals surface area contributed by atoms with Gasteiger partial charge in [-0.1, -0.05) is 0 Å². The van der Waals surface area contributed by atoms with Crippen molar-refractivity contribution in [1.29, 1.82) is 0 Å². The average molecular weight is 294 g/mol. The van der Waals surface area contributed by atoms with Gasteiger partial charge < -0.3 is 4.74 Å². The van der Waals surface area contributed by atoms with Gasteiger partial charge >= 0.3 is 0 Å². The van der Waals surface area contributed by atoms with E-state index in [1.165, 1.54) is 23.5 Å². The van der Waals surface area contributed by atoms with Gasteiger partial charge in [-0.05, 0) is 43.7 Å². The van der Waals surface area contributed by atoms with E-state index in [0.29, 0.717) is 17.2 Å². The highest BCUT2D eigenvalue weighted by Crippen LogP contribution is 2.24. The number of nitrogens with two attached hydrogens (primary N) is 1. The van der Waals surface area contributed by atoms with E-state index in [4.69, 9.17) is 10.6 Å². The van der Waals surface area contributed by atoms with Crippen molar-refractivity contribution >= 4 is 17.2 Å². The summed E-state index contributed by atoms with van der Waals surface area (Å²) in [5, 5.41) is 0. The zero-order chi connectivity index (χ0) is 14.7. The van der Waals surface area contributed by atoms with Crippen molar-refractivity contribution in [1.82, 2.24) is 5.43 Å². The molecule has 0 spiro atoms. The first-order chi connectivity index (χ1) is 9.51. The fourth-order valence-electron chi connectivity index (χ4n) is 1.78. The van der Waals surface area contributed by atoms with Gasteiger partial charge in [-0.2, -0.15) is 0 Å². The van der Waals surface area contributed by atoms with E-state index < -0.39 is 0 Å². The number of rotatable bonds is 4. The van der Waals surface area contributed by atoms with Crippen LogP contribution in [0.15, 0.2) is 24.3 Å². The number of halogens is 1. The maximum absolute atomic E-state index is 13.0. The van der Waals surface area contributed by atoms with Gasteiger partial charge in [0, 0.05) is 10.4 Å². The van der Waals surface area contributed by atoms with Crippen molar-refractivity contribution < 1.29 is 13.9 Å². The van der Waals surface area contributed by atoms with Crippen LogP contribution < -0.4 is 16.0 Å². The lowest BCUT2D eigenvalue weighted by atomic mass is 10.2. The average Bonchev–Trinajstić information content (AvgIpc) is 2.78. The molecule has 3 N–H and O–H groups in total. The highest BCUT2D eigenvalue weighted by molar-refractivity contribution is 7.14. The summed E-state index contributed by atoms with van der Waals surface area (Å²) in [6, 6.07) is 6.13. The van der Waals surface area contributed by atoms with Crippen LogP contribution in [0.1, 0.15) is 25.7 Å². The number of hydrazine groups is 1. The van der Waals surface area contributed by atoms with Gasteiger partial charge in [0.25, 0.3) is 5.91 Å². The van der Waals surface area contributed by atoms with Crippen molar-refractivity contribution in [3.8, 4) is 5.75 Å². The van der Waals surface area contributed by atoms with Crippen molar-refractivity contribution in [3.63, 3.8) is 0 Å². The summed E-state index contributed by atoms with van der Waals surface area (Å²) in [6.07, 6.45) is 0. The van der Waals surface area contributed by atoms with Gasteiger partial charge in [0.05, 0.1) is 4.88 Å². The van der Waals surface area contributed by atoms with Gasteiger partial charge in [-0.3, -0.25) is 10.2 Å². The van der Waals surface area contributed by atoms with Gasteiger partial charge in [-0.15, -0.1) is 11.3 Å². The highest BCUT2D eigenvalue weighted by atomic mass is 32.1. The normalized spacial score (nSPS) is 10.4. The molecule has 0 saturated carbocycles. The van der Waals surface area contributed by atoms with E-state index >= 15 is 0 Å². The number of nitrogen functional groups attached to an aromatic ring is 1. The Bertz CT molecular complexity index is 640. The quantitative estimate of drug-likeness (QED) is 0.517. The molecular formula is C14H15FN2O2S. The number of hydrogen-bond acceptors (Lipinski definition) is 4. The first-order valence-electron chi connectivity index (χ1n) is 6.00. The number of aryl methyl sites for hydroxylation is 2. The lowest BCUT2D eigenvalue weighted by molar-refractivity contribution is 0.0957. The molecule has 20 heavy (non-hydrogen) atoms. The first kappa shape index (κ1) is 14.5. The number of carbonyl (C=O) groups excluding carboxylic acids is 1. The summed E-state index contributed by atoms with van der Waals surface area (Å²) >= 11 is 1.36. The Kier molecular flexibility index (Phi) is 4.36. The minimum absolute atomic E-state index is 0.288. The molecule has 0 atom stereocenters. The number of amides is 1. The molecule has 0 radical (unpaired) electrons. The molecule has 0 saturated heterocycles. The molecule has 1 aromatic heterocycles. The summed E-state index contributed by atoms with van der Waals surface area (Å²) in [7, 11) is 0. The van der Waals surface area contributed by atoms with Crippen molar-refractivity contribution in [2.24, 2.45) is 5.84 Å². The zero-order valence-electron chi connectivity index (χ0n) is 11.2. The van der Waals surface area contributed by atoms with E-state index in [0.717, 1.165) is 16.0 Å². The van der Waals surface area contributed by atoms with Crippen LogP contribution in [0, 0.1) is 19.7 Å². The third-order valence-corrected chi connectivity index (χ3v) is 3.99. The highest BCUT2D eigenvalue weighted by Gasteiger charge is 2.12. The fourth-order valence-corrected chi connectivity index (χ4v) is 2.71. The second kappa shape index (κ2) is 6.02. The van der Waals surface area contributed by atoms with E-state index in [-0.39, 0.29) is 11.7 Å². The molecule has 4 nitrogen and oxygen atoms in total. The molecule has 6 heteroatoms. The predicted octanol–water partition coefficient (Wildman–Crippen LogP) is 2.69. The molecule has 0 bridgehead atoms. The Labute approximate surface area is 120 Å². The Morgan fingerprint density at radius 2 is 2.15 bits per heavy atom. The zero-order valence-corrected chi connectivity index (χ0v) is 12.0. The van der Waals surface area contributed by atoms with Gasteiger partial charge in [0.2, 0.25) is 0 Å². The number of thiophene rings is 1. The third-order valence-electron chi connectivity index (χ3n) is 2.90. The lowest BCUT2D eigenvalue weighted by Crippen LogP contribution is -2.29. The number of hydrogen-bond donors (Lipinski definition) is 2. The van der Waals surface area contributed by atoms with Crippen LogP contribution in [-0.4, -0.2) is 5.91 Å². The second-order valence-corrected chi connectivity index (χ2v) is 5.62. The molecule has 106 valence electrons. The van der Waals surface area contributed by atoms with Crippen LogP contribution in [0.25, 0.3) is 0 Å². The summed E-state index contributed by atoms with van der Waals surface area (Å²) in [4.78, 5) is 13.0. The number of ether oxygens (including phenoxy) is 1. The predicted molar refractivity (Wildman–Crippen MR) is 76.2 cm³/mol. The Balaban J connectivity index is 2.11. The van der Waals surface area contributed by atoms with Gasteiger partial charge in [0.1, 0.15) is 18.2 Å². The molecule has 0 aliphatic rings. The number of nitrogens with one attached hydrogen (secondary N) is 1. The molecule has 1 amide bonds. The molecule has 0 aliphatic carbocycles. The van der Waals surface area contributed by atoms with E-state index in [2.05, 4.69) is 5.43 Å². The van der Waals surface area contributed by atoms with Crippen LogP contribution in [0.2, 0.25) is 0 Å². The standard InChI is InChI=1S/C14H15FN2O2S/c1-8-5-11(15)3-4-12(8)19-7-10-6-13(14(18)17-16)20-9(10)2/h3-6H,7,16H2,1-2H3,(H,17,18). The molecule has 2 rings (SSSR count). The van der Waals surface area contributed by atoms with E-state index in [1.54, 1.807) is 19.1 Å². The Hall–Kier alpha value is -1.92. The van der Waals surface area contributed by atoms with Gasteiger partial charge in [0.15, 0.2) is 0 Å². The smallest absolute Gasteiger partial charge is 0.275 e. The fraction of sp³-hybridized carbons (Fsp3) is 0.214. The van der Waals surface area contributed by atoms with Crippen LogP contribution in [-0.2, 0) is 6.61 Å². The summed E-state index contributed by atoms with van der Waals surface area (Å²) < 4.78 is 18.7. The Morgan fingerprint density at radius 3 is 2.80 bits per heavy atom. The van der Waals surface area contributed by atoms with Crippen LogP contribution in [0.3, 0.4) is 0 Å². The third kappa shape index (κ3) is 3.15. The van der Waals surface area contributed by atoms with E-state index in [1.807, 2.05) is 6.92 Å². The van der Waals surface area contributed by atoms with Crippen molar-refractivity contribution in [2.75, 3.05) is 0 Å². The van der Waals surface area contributed by atoms with Crippen molar-refractivity contribution in [3.05, 3.63) is 51.0 Å². The van der Waals surface area contributed by atoms with Crippen LogP contribution in [0.5, 0.6) is 5.75 Å². The first-order valence-corrected chi connectivity index (χ1v) is 6.82. The molecule has 1 heterocycles. The maximum Gasteiger partial charge on any atom is 0.275 e. The monoisotopic (exact) mass is 294 g/mol. The topological polar surface area (TPSA) is 64.3 Å². The number of carbonyl (C=O) groups is 1. The summed E-state index contributed by atoms with van der Waals surface area (Å²) in [5.74, 6) is 5.12. The van der Waals surface area contributed by atoms with Crippen LogP contribution >= 0.6 is 11.3 Å². The molecule has 0 aliphatic heterocycles. The minimum atomic E-state index is -0.317. The lowest BCUT2D eigenvalue weighted by Gasteiger charge is -2.08. The van der Waals surface area contributed by atoms with Gasteiger partial charge in [-0.25, -0.2) is 10.2 Å². The SMILES string of the molecule is Cc1cc(F)ccc1OCc1cc(C(=O)NN)sc1C. The van der Waals surface area contributed by atoms with Crippen LogP contribution in [0.4, 0.5) is 4.39 Å². The molecule has 0 unspecified atom stereocenters. The second-order valence-electron chi connectivity index (χ2n) is 4.36. The summed E-state index contributed by atoms with van der Waals surface area (Å²) in [6.45, 7) is 4.02. The minimum Gasteiger partial charge on any atom is -0.489 e. The molecule has 2 aromatic rings. The molecule has 0 fully saturated rings. The largest absolute Gasteiger partial charge is 0.489 e. The number of benzene rings is 1. The summed E-state index contributed by atoms with van der Waals surface area (Å²) in [5.41, 5.74) is 3.75. The molecule has 1 aromatic carbocycles. The van der Waals surface area contributed by atoms with E-state index in [9.17, 15) is 9.18 Å². The molecular weight excluding hydrogens is 279 g/mol. The maximum atomic E-state index is 13.0. The Morgan fingerprint density at radius 1 is 1.40 bits per heavy atom.